The van der Waals surface area contributed by atoms with Gasteiger partial charge in [0.05, 0.1) is 12.3 Å². The number of carbonyl (C=O) groups excluding carboxylic acids is 2. The summed E-state index contributed by atoms with van der Waals surface area (Å²) in [5.41, 5.74) is 1.82. The van der Waals surface area contributed by atoms with Crippen LogP contribution in [-0.2, 0) is 16.1 Å². The molecule has 1 saturated heterocycles. The Labute approximate surface area is 164 Å². The molecule has 1 aromatic heterocycles. The van der Waals surface area contributed by atoms with Gasteiger partial charge in [-0.25, -0.2) is 9.97 Å². The SMILES string of the molecule is Cc1ccccc1C(=O)NC=O.OCc1cc(N2CC(OC(F)(F)F)C2)ncn1. The zero-order valence-electron chi connectivity index (χ0n) is 15.4. The third-order valence-electron chi connectivity index (χ3n) is 3.92. The fraction of sp³-hybridized carbons (Fsp3) is 0.333. The van der Waals surface area contributed by atoms with E-state index >= 15 is 0 Å². The van der Waals surface area contributed by atoms with Gasteiger partial charge in [0, 0.05) is 24.7 Å². The zero-order valence-corrected chi connectivity index (χ0v) is 15.4. The molecule has 1 aliphatic rings. The van der Waals surface area contributed by atoms with E-state index in [4.69, 9.17) is 5.11 Å². The average Bonchev–Trinajstić information content (AvgIpc) is 2.65. The van der Waals surface area contributed by atoms with Crippen molar-refractivity contribution in [3.05, 3.63) is 53.5 Å². The quantitative estimate of drug-likeness (QED) is 0.719. The first-order valence-corrected chi connectivity index (χ1v) is 8.45. The van der Waals surface area contributed by atoms with E-state index in [-0.39, 0.29) is 25.6 Å². The first kappa shape index (κ1) is 22.2. The summed E-state index contributed by atoms with van der Waals surface area (Å²) >= 11 is 0. The fourth-order valence-electron chi connectivity index (χ4n) is 2.49. The van der Waals surface area contributed by atoms with Crippen molar-refractivity contribution < 1.29 is 32.6 Å². The number of rotatable bonds is 5. The Bertz CT molecular complexity index is 842. The van der Waals surface area contributed by atoms with E-state index in [1.807, 2.05) is 19.1 Å². The molecule has 1 aliphatic heterocycles. The molecule has 0 bridgehead atoms. The number of halogens is 3. The van der Waals surface area contributed by atoms with Gasteiger partial charge in [0.15, 0.2) is 0 Å². The summed E-state index contributed by atoms with van der Waals surface area (Å²) in [5, 5.41) is 10.9. The maximum atomic E-state index is 11.9. The zero-order chi connectivity index (χ0) is 21.4. The van der Waals surface area contributed by atoms with E-state index in [1.54, 1.807) is 17.0 Å². The molecular weight excluding hydrogens is 393 g/mol. The summed E-state index contributed by atoms with van der Waals surface area (Å²) < 4.78 is 39.5. The predicted octanol–water partition coefficient (Wildman–Crippen LogP) is 1.58. The van der Waals surface area contributed by atoms with Gasteiger partial charge in [-0.1, -0.05) is 18.2 Å². The van der Waals surface area contributed by atoms with E-state index in [0.717, 1.165) is 5.56 Å². The molecule has 1 fully saturated rings. The van der Waals surface area contributed by atoms with Crippen LogP contribution in [0.4, 0.5) is 19.0 Å². The standard InChI is InChI=1S/C9H10F3N3O2.C9H9NO2/c10-9(11,12)17-7-2-15(3-7)8-1-6(4-16)13-5-14-8;1-7-4-2-3-5-8(7)9(12)10-6-11/h1,5,7,16H,2-4H2;2-6H,1H3,(H,10,11,12). The van der Waals surface area contributed by atoms with Crippen molar-refractivity contribution >= 4 is 18.1 Å². The Kier molecular flexibility index (Phi) is 7.62. The molecule has 8 nitrogen and oxygen atoms in total. The number of alkyl halides is 3. The smallest absolute Gasteiger partial charge is 0.390 e. The molecule has 2 N–H and O–H groups in total. The Hall–Kier alpha value is -3.05. The van der Waals surface area contributed by atoms with Crippen LogP contribution in [-0.4, -0.2) is 52.9 Å². The van der Waals surface area contributed by atoms with Crippen molar-refractivity contribution in [1.29, 1.82) is 0 Å². The monoisotopic (exact) mass is 412 g/mol. The third kappa shape index (κ3) is 6.80. The summed E-state index contributed by atoms with van der Waals surface area (Å²) in [6, 6.07) is 8.62. The maximum absolute atomic E-state index is 11.9. The van der Waals surface area contributed by atoms with Gasteiger partial charge in [0.25, 0.3) is 5.91 Å². The molecule has 0 saturated carbocycles. The first-order chi connectivity index (χ1) is 13.7. The number of hydrogen-bond donors (Lipinski definition) is 2. The second-order valence-corrected chi connectivity index (χ2v) is 6.02. The summed E-state index contributed by atoms with van der Waals surface area (Å²) in [6.45, 7) is 1.84. The Balaban J connectivity index is 0.000000221. The van der Waals surface area contributed by atoms with Crippen molar-refractivity contribution in [1.82, 2.24) is 15.3 Å². The number of imide groups is 1. The van der Waals surface area contributed by atoms with Crippen molar-refractivity contribution in [2.75, 3.05) is 18.0 Å². The Morgan fingerprint density at radius 3 is 2.62 bits per heavy atom. The van der Waals surface area contributed by atoms with E-state index < -0.39 is 12.5 Å². The Morgan fingerprint density at radius 1 is 1.34 bits per heavy atom. The lowest BCUT2D eigenvalue weighted by atomic mass is 10.1. The number of aliphatic hydroxyl groups is 1. The number of aryl methyl sites for hydroxylation is 1. The fourth-order valence-corrected chi connectivity index (χ4v) is 2.49. The molecule has 1 aromatic carbocycles. The van der Waals surface area contributed by atoms with Gasteiger partial charge < -0.3 is 10.0 Å². The molecule has 2 heterocycles. The van der Waals surface area contributed by atoms with Crippen molar-refractivity contribution in [3.63, 3.8) is 0 Å². The number of anilines is 1. The topological polar surface area (TPSA) is 105 Å². The first-order valence-electron chi connectivity index (χ1n) is 8.45. The van der Waals surface area contributed by atoms with Gasteiger partial charge in [-0.15, -0.1) is 13.2 Å². The molecule has 29 heavy (non-hydrogen) atoms. The molecule has 3 rings (SSSR count). The summed E-state index contributed by atoms with van der Waals surface area (Å²) in [7, 11) is 0. The number of carbonyl (C=O) groups is 2. The minimum Gasteiger partial charge on any atom is -0.390 e. The van der Waals surface area contributed by atoms with E-state index in [0.29, 0.717) is 23.5 Å². The lowest BCUT2D eigenvalue weighted by molar-refractivity contribution is -0.344. The lowest BCUT2D eigenvalue weighted by Crippen LogP contribution is -2.54. The van der Waals surface area contributed by atoms with Gasteiger partial charge in [0.2, 0.25) is 6.41 Å². The maximum Gasteiger partial charge on any atom is 0.522 e. The van der Waals surface area contributed by atoms with Crippen LogP contribution in [0.1, 0.15) is 21.6 Å². The minimum absolute atomic E-state index is 0.126. The van der Waals surface area contributed by atoms with Crippen LogP contribution in [0.2, 0.25) is 0 Å². The molecule has 2 amide bonds. The number of benzene rings is 1. The number of aliphatic hydroxyl groups excluding tert-OH is 1. The predicted molar refractivity (Wildman–Crippen MR) is 95.8 cm³/mol. The van der Waals surface area contributed by atoms with Crippen LogP contribution in [0.15, 0.2) is 36.7 Å². The summed E-state index contributed by atoms with van der Waals surface area (Å²) in [5.74, 6) is 0.133. The molecule has 0 unspecified atom stereocenters. The number of ether oxygens (including phenoxy) is 1. The highest BCUT2D eigenvalue weighted by Crippen LogP contribution is 2.26. The number of aromatic nitrogens is 2. The van der Waals surface area contributed by atoms with E-state index in [1.165, 1.54) is 12.4 Å². The van der Waals surface area contributed by atoms with Crippen LogP contribution in [0, 0.1) is 6.92 Å². The number of hydrogen-bond acceptors (Lipinski definition) is 7. The molecule has 156 valence electrons. The van der Waals surface area contributed by atoms with E-state index in [9.17, 15) is 22.8 Å². The van der Waals surface area contributed by atoms with Gasteiger partial charge in [-0.2, -0.15) is 0 Å². The number of nitrogens with zero attached hydrogens (tertiary/aromatic N) is 3. The molecular formula is C18H19F3N4O4. The third-order valence-corrected chi connectivity index (χ3v) is 3.92. The van der Waals surface area contributed by atoms with E-state index in [2.05, 4.69) is 20.0 Å². The molecule has 11 heteroatoms. The summed E-state index contributed by atoms with van der Waals surface area (Å²) in [4.78, 5) is 30.4. The molecule has 2 aromatic rings. The highest BCUT2D eigenvalue weighted by molar-refractivity contribution is 6.00. The molecule has 0 atom stereocenters. The van der Waals surface area contributed by atoms with Gasteiger partial charge in [0.1, 0.15) is 18.2 Å². The number of nitrogens with one attached hydrogen (secondary N) is 1. The van der Waals surface area contributed by atoms with Crippen LogP contribution < -0.4 is 10.2 Å². The minimum atomic E-state index is -4.60. The van der Waals surface area contributed by atoms with Crippen molar-refractivity contribution in [2.45, 2.75) is 26.0 Å². The van der Waals surface area contributed by atoms with Crippen LogP contribution in [0.3, 0.4) is 0 Å². The highest BCUT2D eigenvalue weighted by atomic mass is 19.4. The second kappa shape index (κ2) is 9.94. The molecule has 0 radical (unpaired) electrons. The average molecular weight is 412 g/mol. The number of amides is 2. The Morgan fingerprint density at radius 2 is 2.03 bits per heavy atom. The van der Waals surface area contributed by atoms with Gasteiger partial charge in [-0.05, 0) is 18.6 Å². The van der Waals surface area contributed by atoms with Crippen LogP contribution in [0.5, 0.6) is 0 Å². The van der Waals surface area contributed by atoms with Gasteiger partial charge in [-0.3, -0.25) is 19.6 Å². The molecule has 0 spiro atoms. The lowest BCUT2D eigenvalue weighted by Gasteiger charge is -2.39. The summed E-state index contributed by atoms with van der Waals surface area (Å²) in [6.07, 6.45) is -3.81. The van der Waals surface area contributed by atoms with Gasteiger partial charge >= 0.3 is 6.36 Å². The second-order valence-electron chi connectivity index (χ2n) is 6.02. The molecule has 0 aliphatic carbocycles. The highest BCUT2D eigenvalue weighted by Gasteiger charge is 2.39. The van der Waals surface area contributed by atoms with Crippen molar-refractivity contribution in [2.24, 2.45) is 0 Å². The van der Waals surface area contributed by atoms with Crippen LogP contribution >= 0.6 is 0 Å². The normalized spacial score (nSPS) is 13.8. The largest absolute Gasteiger partial charge is 0.522 e. The van der Waals surface area contributed by atoms with Crippen molar-refractivity contribution in [3.8, 4) is 0 Å². The van der Waals surface area contributed by atoms with Crippen LogP contribution in [0.25, 0.3) is 0 Å².